The quantitative estimate of drug-likeness (QED) is 0.290. The van der Waals surface area contributed by atoms with Gasteiger partial charge >= 0.3 is 5.97 Å². The van der Waals surface area contributed by atoms with Gasteiger partial charge in [0.15, 0.2) is 0 Å². The Labute approximate surface area is 138 Å². The van der Waals surface area contributed by atoms with Gasteiger partial charge in [0.1, 0.15) is 6.10 Å². The number of ether oxygens (including phenoxy) is 1. The van der Waals surface area contributed by atoms with Crippen LogP contribution >= 0.6 is 0 Å². The van der Waals surface area contributed by atoms with Crippen molar-refractivity contribution in [2.45, 2.75) is 116 Å². The smallest absolute Gasteiger partial charge is 0.309 e. The summed E-state index contributed by atoms with van der Waals surface area (Å²) in [7, 11) is 0. The molecule has 1 unspecified atom stereocenters. The molecule has 0 aromatic rings. The Morgan fingerprint density at radius 3 is 2.05 bits per heavy atom. The van der Waals surface area contributed by atoms with Crippen molar-refractivity contribution < 1.29 is 9.53 Å². The Balaban J connectivity index is 2.08. The van der Waals surface area contributed by atoms with Gasteiger partial charge in [-0.2, -0.15) is 0 Å². The molecular formula is C20H38O2. The summed E-state index contributed by atoms with van der Waals surface area (Å²) in [4.78, 5) is 12.1. The molecule has 22 heavy (non-hydrogen) atoms. The van der Waals surface area contributed by atoms with E-state index >= 15 is 0 Å². The third-order valence-electron chi connectivity index (χ3n) is 4.96. The van der Waals surface area contributed by atoms with Crippen LogP contribution in [0.25, 0.3) is 0 Å². The first-order chi connectivity index (χ1) is 10.8. The fourth-order valence-electron chi connectivity index (χ4n) is 3.51. The van der Waals surface area contributed by atoms with Crippen LogP contribution < -0.4 is 0 Å². The van der Waals surface area contributed by atoms with Gasteiger partial charge in [0.05, 0.1) is 5.92 Å². The predicted octanol–water partition coefficient (Wildman–Crippen LogP) is 6.42. The van der Waals surface area contributed by atoms with Gasteiger partial charge in [-0.15, -0.1) is 0 Å². The minimum atomic E-state index is 0.0931. The van der Waals surface area contributed by atoms with Gasteiger partial charge in [-0.1, -0.05) is 78.1 Å². The monoisotopic (exact) mass is 310 g/mol. The van der Waals surface area contributed by atoms with E-state index in [9.17, 15) is 4.79 Å². The first-order valence-corrected chi connectivity index (χ1v) is 9.98. The molecule has 1 rings (SSSR count). The van der Waals surface area contributed by atoms with Crippen molar-refractivity contribution in [1.29, 1.82) is 0 Å². The summed E-state index contributed by atoms with van der Waals surface area (Å²) < 4.78 is 5.80. The Morgan fingerprint density at radius 1 is 0.864 bits per heavy atom. The van der Waals surface area contributed by atoms with E-state index in [0.717, 1.165) is 32.1 Å². The van der Waals surface area contributed by atoms with Crippen LogP contribution in [0.2, 0.25) is 0 Å². The Morgan fingerprint density at radius 2 is 1.45 bits per heavy atom. The average molecular weight is 311 g/mol. The summed E-state index contributed by atoms with van der Waals surface area (Å²) in [6, 6.07) is 0. The molecule has 0 heterocycles. The van der Waals surface area contributed by atoms with Gasteiger partial charge in [-0.05, 0) is 32.1 Å². The molecule has 0 aromatic heterocycles. The maximum absolute atomic E-state index is 12.1. The molecule has 1 fully saturated rings. The van der Waals surface area contributed by atoms with Gasteiger partial charge in [0.25, 0.3) is 0 Å². The van der Waals surface area contributed by atoms with Crippen LogP contribution in [0.1, 0.15) is 110 Å². The molecule has 2 nitrogen and oxygen atoms in total. The molecule has 0 radical (unpaired) electrons. The zero-order valence-corrected chi connectivity index (χ0v) is 15.1. The van der Waals surface area contributed by atoms with Crippen LogP contribution in [-0.2, 0) is 9.53 Å². The van der Waals surface area contributed by atoms with Crippen molar-refractivity contribution in [3.05, 3.63) is 0 Å². The molecule has 130 valence electrons. The van der Waals surface area contributed by atoms with Crippen molar-refractivity contribution in [3.8, 4) is 0 Å². The lowest BCUT2D eigenvalue weighted by molar-refractivity contribution is -0.154. The maximum Gasteiger partial charge on any atom is 0.309 e. The van der Waals surface area contributed by atoms with Crippen LogP contribution in [0.3, 0.4) is 0 Å². The number of hydrogen-bond donors (Lipinski definition) is 0. The second-order valence-electron chi connectivity index (χ2n) is 7.09. The molecule has 0 saturated heterocycles. The first-order valence-electron chi connectivity index (χ1n) is 9.98. The largest absolute Gasteiger partial charge is 0.462 e. The third-order valence-corrected chi connectivity index (χ3v) is 4.96. The highest BCUT2D eigenvalue weighted by molar-refractivity contribution is 5.72. The summed E-state index contributed by atoms with van der Waals surface area (Å²) >= 11 is 0. The normalized spacial score (nSPS) is 16.8. The lowest BCUT2D eigenvalue weighted by atomic mass is 10.0. The van der Waals surface area contributed by atoms with Crippen LogP contribution in [0.5, 0.6) is 0 Å². The SMILES string of the molecule is CCCCCCCCCCC(CCC)OC(=O)C1CCCC1. The Hall–Kier alpha value is -0.530. The molecule has 1 atom stereocenters. The molecule has 2 heteroatoms. The molecule has 0 aliphatic heterocycles. The van der Waals surface area contributed by atoms with E-state index in [1.54, 1.807) is 0 Å². The predicted molar refractivity (Wildman–Crippen MR) is 94.0 cm³/mol. The van der Waals surface area contributed by atoms with E-state index in [1.165, 1.54) is 64.2 Å². The van der Waals surface area contributed by atoms with Crippen molar-refractivity contribution in [1.82, 2.24) is 0 Å². The van der Waals surface area contributed by atoms with Crippen molar-refractivity contribution >= 4 is 5.97 Å². The minimum Gasteiger partial charge on any atom is -0.462 e. The second-order valence-corrected chi connectivity index (χ2v) is 7.09. The van der Waals surface area contributed by atoms with Gasteiger partial charge in [0.2, 0.25) is 0 Å². The average Bonchev–Trinajstić information content (AvgIpc) is 3.04. The van der Waals surface area contributed by atoms with Gasteiger partial charge in [-0.3, -0.25) is 4.79 Å². The highest BCUT2D eigenvalue weighted by Crippen LogP contribution is 2.27. The molecule has 0 N–H and O–H groups in total. The fraction of sp³-hybridized carbons (Fsp3) is 0.950. The summed E-state index contributed by atoms with van der Waals surface area (Å²) in [5.74, 6) is 0.299. The fourth-order valence-corrected chi connectivity index (χ4v) is 3.51. The van der Waals surface area contributed by atoms with E-state index in [1.807, 2.05) is 0 Å². The van der Waals surface area contributed by atoms with Crippen molar-refractivity contribution in [2.24, 2.45) is 5.92 Å². The van der Waals surface area contributed by atoms with Crippen LogP contribution in [0.15, 0.2) is 0 Å². The molecule has 0 spiro atoms. The minimum absolute atomic E-state index is 0.0931. The molecule has 0 bridgehead atoms. The molecule has 1 aliphatic carbocycles. The third kappa shape index (κ3) is 8.80. The van der Waals surface area contributed by atoms with Gasteiger partial charge in [-0.25, -0.2) is 0 Å². The Kier molecular flexibility index (Phi) is 11.5. The number of carbonyl (C=O) groups excluding carboxylic acids is 1. The molecule has 1 aliphatic rings. The van der Waals surface area contributed by atoms with Gasteiger partial charge < -0.3 is 4.74 Å². The molecule has 0 aromatic carbocycles. The summed E-state index contributed by atoms with van der Waals surface area (Å²) in [6.07, 6.45) is 18.6. The number of hydrogen-bond acceptors (Lipinski definition) is 2. The highest BCUT2D eigenvalue weighted by Gasteiger charge is 2.26. The van der Waals surface area contributed by atoms with Crippen LogP contribution in [0.4, 0.5) is 0 Å². The first kappa shape index (κ1) is 19.5. The van der Waals surface area contributed by atoms with Gasteiger partial charge in [0, 0.05) is 0 Å². The molecular weight excluding hydrogens is 272 g/mol. The zero-order valence-electron chi connectivity index (χ0n) is 15.1. The van der Waals surface area contributed by atoms with E-state index in [-0.39, 0.29) is 18.0 Å². The number of unbranched alkanes of at least 4 members (excludes halogenated alkanes) is 7. The lowest BCUT2D eigenvalue weighted by Crippen LogP contribution is -2.23. The summed E-state index contributed by atoms with van der Waals surface area (Å²) in [5, 5.41) is 0. The Bertz CT molecular complexity index is 269. The zero-order chi connectivity index (χ0) is 16.0. The van der Waals surface area contributed by atoms with E-state index in [4.69, 9.17) is 4.74 Å². The lowest BCUT2D eigenvalue weighted by Gasteiger charge is -2.19. The van der Waals surface area contributed by atoms with Crippen LogP contribution in [0, 0.1) is 5.92 Å². The maximum atomic E-state index is 12.1. The summed E-state index contributed by atoms with van der Waals surface area (Å²) in [6.45, 7) is 4.45. The standard InChI is InChI=1S/C20H38O2/c1-3-5-6-7-8-9-10-11-17-19(14-4-2)22-20(21)18-15-12-13-16-18/h18-19H,3-17H2,1-2H3. The van der Waals surface area contributed by atoms with E-state index in [0.29, 0.717) is 0 Å². The molecule has 0 amide bonds. The second kappa shape index (κ2) is 13.0. The van der Waals surface area contributed by atoms with E-state index in [2.05, 4.69) is 13.8 Å². The summed E-state index contributed by atoms with van der Waals surface area (Å²) in [5.41, 5.74) is 0. The molecule has 1 saturated carbocycles. The van der Waals surface area contributed by atoms with Crippen molar-refractivity contribution in [3.63, 3.8) is 0 Å². The number of esters is 1. The number of rotatable bonds is 13. The highest BCUT2D eigenvalue weighted by atomic mass is 16.5. The number of carbonyl (C=O) groups is 1. The van der Waals surface area contributed by atoms with E-state index < -0.39 is 0 Å². The van der Waals surface area contributed by atoms with Crippen LogP contribution in [-0.4, -0.2) is 12.1 Å². The van der Waals surface area contributed by atoms with Crippen molar-refractivity contribution in [2.75, 3.05) is 0 Å². The topological polar surface area (TPSA) is 26.3 Å².